The zero-order valence-electron chi connectivity index (χ0n) is 18.0. The minimum absolute atomic E-state index is 0.0399. The second kappa shape index (κ2) is 10.5. The molecule has 2 aromatic carbocycles. The van der Waals surface area contributed by atoms with E-state index in [4.69, 9.17) is 16.3 Å². The minimum Gasteiger partial charge on any atom is -0.489 e. The van der Waals surface area contributed by atoms with Gasteiger partial charge in [-0.2, -0.15) is 0 Å². The fraction of sp³-hybridized carbons (Fsp3) is 0.458. The third kappa shape index (κ3) is 6.45. The van der Waals surface area contributed by atoms with Crippen LogP contribution in [0.3, 0.4) is 0 Å². The SMILES string of the molecule is O=C1CN(CC2(O)CCN(Cc3cc(Br)ccc3OCc3ccc(Cl)cc3)CC2)CCN1. The van der Waals surface area contributed by atoms with Crippen LogP contribution in [0.5, 0.6) is 5.75 Å². The van der Waals surface area contributed by atoms with Crippen LogP contribution in [0.25, 0.3) is 0 Å². The second-order valence-electron chi connectivity index (χ2n) is 8.73. The van der Waals surface area contributed by atoms with Gasteiger partial charge in [-0.3, -0.25) is 14.6 Å². The average Bonchev–Trinajstić information content (AvgIpc) is 2.76. The summed E-state index contributed by atoms with van der Waals surface area (Å²) in [7, 11) is 0. The van der Waals surface area contributed by atoms with Gasteiger partial charge in [0.15, 0.2) is 0 Å². The molecule has 0 radical (unpaired) electrons. The van der Waals surface area contributed by atoms with Crippen molar-refractivity contribution in [3.8, 4) is 5.75 Å². The first-order valence-electron chi connectivity index (χ1n) is 11.0. The third-order valence-corrected chi connectivity index (χ3v) is 6.89. The van der Waals surface area contributed by atoms with E-state index in [0.29, 0.717) is 44.1 Å². The van der Waals surface area contributed by atoms with Crippen LogP contribution in [0, 0.1) is 0 Å². The van der Waals surface area contributed by atoms with Crippen LogP contribution in [0.2, 0.25) is 5.02 Å². The molecule has 0 atom stereocenters. The molecule has 0 saturated carbocycles. The fourth-order valence-corrected chi connectivity index (χ4v) is 4.86. The maximum Gasteiger partial charge on any atom is 0.234 e. The van der Waals surface area contributed by atoms with Gasteiger partial charge >= 0.3 is 0 Å². The lowest BCUT2D eigenvalue weighted by molar-refractivity contribution is -0.126. The van der Waals surface area contributed by atoms with Gasteiger partial charge in [-0.1, -0.05) is 39.7 Å². The van der Waals surface area contributed by atoms with Crippen molar-refractivity contribution in [1.82, 2.24) is 15.1 Å². The van der Waals surface area contributed by atoms with E-state index in [1.165, 1.54) is 0 Å². The number of carbonyl (C=O) groups is 1. The number of benzene rings is 2. The Bertz CT molecular complexity index is 933. The zero-order valence-corrected chi connectivity index (χ0v) is 20.4. The molecule has 4 rings (SSSR count). The van der Waals surface area contributed by atoms with E-state index in [2.05, 4.69) is 37.1 Å². The molecule has 2 saturated heterocycles. The molecule has 172 valence electrons. The Kier molecular flexibility index (Phi) is 7.74. The van der Waals surface area contributed by atoms with Gasteiger partial charge in [0.1, 0.15) is 12.4 Å². The first kappa shape index (κ1) is 23.5. The summed E-state index contributed by atoms with van der Waals surface area (Å²) in [6, 6.07) is 13.8. The quantitative estimate of drug-likeness (QED) is 0.583. The molecule has 0 unspecified atom stereocenters. The Balaban J connectivity index is 1.33. The topological polar surface area (TPSA) is 65.0 Å². The Morgan fingerprint density at radius 3 is 2.56 bits per heavy atom. The number of piperidine rings is 1. The highest BCUT2D eigenvalue weighted by Crippen LogP contribution is 2.29. The maximum atomic E-state index is 11.6. The summed E-state index contributed by atoms with van der Waals surface area (Å²) >= 11 is 9.55. The summed E-state index contributed by atoms with van der Waals surface area (Å²) in [5.74, 6) is 0.904. The Hall–Kier alpha value is -1.64. The first-order valence-corrected chi connectivity index (χ1v) is 12.2. The smallest absolute Gasteiger partial charge is 0.234 e. The molecular formula is C24H29BrClN3O3. The lowest BCUT2D eigenvalue weighted by Gasteiger charge is -2.41. The molecule has 0 spiro atoms. The van der Waals surface area contributed by atoms with Crippen molar-refractivity contribution in [1.29, 1.82) is 0 Å². The number of hydrogen-bond acceptors (Lipinski definition) is 5. The molecule has 2 aliphatic rings. The van der Waals surface area contributed by atoms with Crippen molar-refractivity contribution in [3.63, 3.8) is 0 Å². The van der Waals surface area contributed by atoms with E-state index >= 15 is 0 Å². The zero-order chi connectivity index (χ0) is 22.6. The second-order valence-corrected chi connectivity index (χ2v) is 10.1. The summed E-state index contributed by atoms with van der Waals surface area (Å²) in [6.45, 7) is 5.23. The lowest BCUT2D eigenvalue weighted by Crippen LogP contribution is -2.55. The van der Waals surface area contributed by atoms with E-state index in [9.17, 15) is 9.90 Å². The number of amides is 1. The van der Waals surface area contributed by atoms with Crippen molar-refractivity contribution in [2.75, 3.05) is 39.3 Å². The number of ether oxygens (including phenoxy) is 1. The number of hydrogen-bond donors (Lipinski definition) is 2. The predicted octanol–water partition coefficient (Wildman–Crippen LogP) is 3.44. The Morgan fingerprint density at radius 1 is 1.09 bits per heavy atom. The summed E-state index contributed by atoms with van der Waals surface area (Å²) < 4.78 is 7.14. The Morgan fingerprint density at radius 2 is 1.84 bits per heavy atom. The molecule has 2 fully saturated rings. The molecule has 32 heavy (non-hydrogen) atoms. The van der Waals surface area contributed by atoms with Gasteiger partial charge in [0.2, 0.25) is 5.91 Å². The predicted molar refractivity (Wildman–Crippen MR) is 129 cm³/mol. The molecule has 2 aromatic rings. The number of likely N-dealkylation sites (tertiary alicyclic amines) is 1. The highest BCUT2D eigenvalue weighted by atomic mass is 79.9. The number of β-amino-alcohol motifs (C(OH)–C–C–N with tert-alkyl or cyclic N) is 1. The molecule has 2 heterocycles. The van der Waals surface area contributed by atoms with Crippen LogP contribution in [0.1, 0.15) is 24.0 Å². The van der Waals surface area contributed by atoms with Crippen molar-refractivity contribution >= 4 is 33.4 Å². The monoisotopic (exact) mass is 521 g/mol. The number of carbonyl (C=O) groups excluding carboxylic acids is 1. The van der Waals surface area contributed by atoms with E-state index in [1.807, 2.05) is 36.4 Å². The van der Waals surface area contributed by atoms with E-state index in [1.54, 1.807) is 0 Å². The molecule has 6 nitrogen and oxygen atoms in total. The summed E-state index contributed by atoms with van der Waals surface area (Å²) in [5.41, 5.74) is 1.45. The number of aliphatic hydroxyl groups is 1. The van der Waals surface area contributed by atoms with E-state index in [-0.39, 0.29) is 5.91 Å². The van der Waals surface area contributed by atoms with Gasteiger partial charge in [0.05, 0.1) is 12.1 Å². The van der Waals surface area contributed by atoms with Gasteiger partial charge in [-0.25, -0.2) is 0 Å². The molecule has 1 amide bonds. The lowest BCUT2D eigenvalue weighted by atomic mass is 9.90. The molecule has 2 aliphatic heterocycles. The van der Waals surface area contributed by atoms with Crippen LogP contribution < -0.4 is 10.1 Å². The number of piperazine rings is 1. The van der Waals surface area contributed by atoms with E-state index < -0.39 is 5.60 Å². The van der Waals surface area contributed by atoms with Crippen LogP contribution >= 0.6 is 27.5 Å². The van der Waals surface area contributed by atoms with Gasteiger partial charge in [-0.05, 0) is 48.7 Å². The number of nitrogens with one attached hydrogen (secondary N) is 1. The standard InChI is InChI=1S/C24H29BrClN3O3/c25-20-3-6-22(32-16-18-1-4-21(26)5-2-18)19(13-20)14-28-10-7-24(31,8-11-28)17-29-12-9-27-23(30)15-29/h1-6,13,31H,7-12,14-17H2,(H,27,30). The molecule has 8 heteroatoms. The molecule has 2 N–H and O–H groups in total. The largest absolute Gasteiger partial charge is 0.489 e. The van der Waals surface area contributed by atoms with Crippen LogP contribution in [0.15, 0.2) is 46.9 Å². The van der Waals surface area contributed by atoms with Gasteiger partial charge < -0.3 is 15.2 Å². The maximum absolute atomic E-state index is 11.6. The van der Waals surface area contributed by atoms with Crippen LogP contribution in [-0.2, 0) is 17.9 Å². The normalized spacial score (nSPS) is 19.5. The average molecular weight is 523 g/mol. The van der Waals surface area contributed by atoms with E-state index in [0.717, 1.165) is 47.5 Å². The highest BCUT2D eigenvalue weighted by Gasteiger charge is 2.35. The number of halogens is 2. The van der Waals surface area contributed by atoms with Gasteiger partial charge in [0.25, 0.3) is 0 Å². The van der Waals surface area contributed by atoms with Crippen molar-refractivity contribution in [2.24, 2.45) is 0 Å². The molecular weight excluding hydrogens is 494 g/mol. The highest BCUT2D eigenvalue weighted by molar-refractivity contribution is 9.10. The van der Waals surface area contributed by atoms with Gasteiger partial charge in [0, 0.05) is 54.3 Å². The minimum atomic E-state index is -0.737. The number of nitrogens with zero attached hydrogens (tertiary/aromatic N) is 2. The van der Waals surface area contributed by atoms with Crippen molar-refractivity contribution in [2.45, 2.75) is 31.6 Å². The molecule has 0 bridgehead atoms. The summed E-state index contributed by atoms with van der Waals surface area (Å²) in [4.78, 5) is 16.0. The van der Waals surface area contributed by atoms with Crippen molar-refractivity contribution in [3.05, 3.63) is 63.1 Å². The molecule has 0 aromatic heterocycles. The van der Waals surface area contributed by atoms with Crippen LogP contribution in [-0.4, -0.2) is 65.7 Å². The first-order chi connectivity index (χ1) is 15.4. The Labute approximate surface area is 202 Å². The third-order valence-electron chi connectivity index (χ3n) is 6.15. The van der Waals surface area contributed by atoms with Gasteiger partial charge in [-0.15, -0.1) is 0 Å². The molecule has 0 aliphatic carbocycles. The van der Waals surface area contributed by atoms with Crippen LogP contribution in [0.4, 0.5) is 0 Å². The fourth-order valence-electron chi connectivity index (χ4n) is 4.32. The van der Waals surface area contributed by atoms with Crippen molar-refractivity contribution < 1.29 is 14.6 Å². The number of rotatable bonds is 7. The summed E-state index contributed by atoms with van der Waals surface area (Å²) in [5, 5.41) is 14.6. The summed E-state index contributed by atoms with van der Waals surface area (Å²) in [6.07, 6.45) is 1.39.